The Kier molecular flexibility index (Phi) is 6.63. The van der Waals surface area contributed by atoms with Crippen molar-refractivity contribution in [3.8, 4) is 5.75 Å². The molecular formula is C25H27F3N2O3. The minimum absolute atomic E-state index is 0.00376. The first-order valence-electron chi connectivity index (χ1n) is 11.3. The molecule has 0 bridgehead atoms. The summed E-state index contributed by atoms with van der Waals surface area (Å²) in [7, 11) is 0. The summed E-state index contributed by atoms with van der Waals surface area (Å²) in [5, 5.41) is 2.74. The summed E-state index contributed by atoms with van der Waals surface area (Å²) in [6.07, 6.45) is 0.898. The van der Waals surface area contributed by atoms with E-state index in [4.69, 9.17) is 4.74 Å². The number of amides is 2. The molecule has 0 radical (unpaired) electrons. The first kappa shape index (κ1) is 23.1. The van der Waals surface area contributed by atoms with E-state index in [1.807, 2.05) is 11.8 Å². The van der Waals surface area contributed by atoms with Crippen LogP contribution < -0.4 is 10.1 Å². The van der Waals surface area contributed by atoms with Gasteiger partial charge in [-0.25, -0.2) is 0 Å². The molecule has 33 heavy (non-hydrogen) atoms. The molecule has 2 aromatic rings. The number of benzene rings is 2. The number of hydrogen-bond acceptors (Lipinski definition) is 3. The standard InChI is InChI=1S/C25H27F3N2O3/c1-2-21-24(32)30(20-6-4-3-5-7-20)15-17-14-19(12-13-22(17)33-21)29-23(31)16-8-10-18(11-9-16)25(26,27)28/h8-14,20-21H,2-7,15H2,1H3,(H,29,31). The van der Waals surface area contributed by atoms with Gasteiger partial charge in [-0.3, -0.25) is 9.59 Å². The van der Waals surface area contributed by atoms with Crippen molar-refractivity contribution in [2.45, 2.75) is 70.3 Å². The Labute approximate surface area is 190 Å². The predicted molar refractivity (Wildman–Crippen MR) is 118 cm³/mol. The number of rotatable bonds is 4. The van der Waals surface area contributed by atoms with E-state index in [1.165, 1.54) is 6.42 Å². The highest BCUT2D eigenvalue weighted by atomic mass is 19.4. The molecule has 1 N–H and O–H groups in total. The highest BCUT2D eigenvalue weighted by Crippen LogP contribution is 2.33. The van der Waals surface area contributed by atoms with Gasteiger partial charge >= 0.3 is 6.18 Å². The normalized spacial score (nSPS) is 19.5. The van der Waals surface area contributed by atoms with E-state index in [9.17, 15) is 22.8 Å². The molecule has 176 valence electrons. The molecule has 0 spiro atoms. The molecule has 4 rings (SSSR count). The number of hydrogen-bond donors (Lipinski definition) is 1. The number of alkyl halides is 3. The largest absolute Gasteiger partial charge is 0.480 e. The van der Waals surface area contributed by atoms with Crippen LogP contribution in [-0.2, 0) is 17.5 Å². The molecule has 2 amide bonds. The second-order valence-corrected chi connectivity index (χ2v) is 8.62. The van der Waals surface area contributed by atoms with Crippen LogP contribution in [0.1, 0.15) is 66.9 Å². The average molecular weight is 460 g/mol. The van der Waals surface area contributed by atoms with Gasteiger partial charge in [0, 0.05) is 29.4 Å². The lowest BCUT2D eigenvalue weighted by atomic mass is 9.93. The van der Waals surface area contributed by atoms with Crippen LogP contribution in [0.4, 0.5) is 18.9 Å². The number of carbonyl (C=O) groups is 2. The third-order valence-electron chi connectivity index (χ3n) is 6.35. The average Bonchev–Trinajstić information content (AvgIpc) is 2.95. The van der Waals surface area contributed by atoms with Gasteiger partial charge in [-0.15, -0.1) is 0 Å². The van der Waals surface area contributed by atoms with E-state index in [1.54, 1.807) is 18.2 Å². The predicted octanol–water partition coefficient (Wildman–Crippen LogP) is 5.79. The Morgan fingerprint density at radius 1 is 1.09 bits per heavy atom. The smallest absolute Gasteiger partial charge is 0.416 e. The molecule has 1 fully saturated rings. The van der Waals surface area contributed by atoms with Gasteiger partial charge in [-0.05, 0) is 61.7 Å². The molecule has 2 aromatic carbocycles. The molecule has 1 saturated carbocycles. The Morgan fingerprint density at radius 3 is 2.42 bits per heavy atom. The van der Waals surface area contributed by atoms with Crippen LogP contribution in [0, 0.1) is 0 Å². The Morgan fingerprint density at radius 2 is 1.79 bits per heavy atom. The summed E-state index contributed by atoms with van der Waals surface area (Å²) < 4.78 is 44.3. The summed E-state index contributed by atoms with van der Waals surface area (Å²) in [6, 6.07) is 9.45. The van der Waals surface area contributed by atoms with Gasteiger partial charge < -0.3 is 15.0 Å². The topological polar surface area (TPSA) is 58.6 Å². The van der Waals surface area contributed by atoms with Crippen molar-refractivity contribution in [2.75, 3.05) is 5.32 Å². The van der Waals surface area contributed by atoms with Crippen LogP contribution in [0.3, 0.4) is 0 Å². The lowest BCUT2D eigenvalue weighted by Crippen LogP contribution is -2.45. The van der Waals surface area contributed by atoms with Gasteiger partial charge in [0.2, 0.25) is 0 Å². The molecule has 0 saturated heterocycles. The van der Waals surface area contributed by atoms with Crippen LogP contribution in [0.15, 0.2) is 42.5 Å². The van der Waals surface area contributed by atoms with Gasteiger partial charge in [0.15, 0.2) is 6.10 Å². The quantitative estimate of drug-likeness (QED) is 0.628. The summed E-state index contributed by atoms with van der Waals surface area (Å²) in [5.74, 6) is 0.0989. The number of carbonyl (C=O) groups excluding carboxylic acids is 2. The second-order valence-electron chi connectivity index (χ2n) is 8.62. The highest BCUT2D eigenvalue weighted by molar-refractivity contribution is 6.04. The molecule has 5 nitrogen and oxygen atoms in total. The fraction of sp³-hybridized carbons (Fsp3) is 0.440. The van der Waals surface area contributed by atoms with Crippen molar-refractivity contribution >= 4 is 17.5 Å². The minimum atomic E-state index is -4.45. The fourth-order valence-electron chi connectivity index (χ4n) is 4.52. The van der Waals surface area contributed by atoms with Crippen molar-refractivity contribution in [1.29, 1.82) is 0 Å². The Balaban J connectivity index is 1.54. The minimum Gasteiger partial charge on any atom is -0.480 e. The van der Waals surface area contributed by atoms with E-state index < -0.39 is 23.8 Å². The van der Waals surface area contributed by atoms with Crippen LogP contribution >= 0.6 is 0 Å². The van der Waals surface area contributed by atoms with Crippen molar-refractivity contribution < 1.29 is 27.5 Å². The molecule has 1 unspecified atom stereocenters. The molecule has 2 aliphatic rings. The van der Waals surface area contributed by atoms with Gasteiger partial charge in [-0.1, -0.05) is 26.2 Å². The molecule has 1 atom stereocenters. The summed E-state index contributed by atoms with van der Waals surface area (Å²) in [6.45, 7) is 2.32. The van der Waals surface area contributed by atoms with E-state index >= 15 is 0 Å². The molecule has 1 heterocycles. The second kappa shape index (κ2) is 9.45. The van der Waals surface area contributed by atoms with Gasteiger partial charge in [0.1, 0.15) is 5.75 Å². The maximum atomic E-state index is 13.1. The third kappa shape index (κ3) is 5.15. The van der Waals surface area contributed by atoms with Crippen LogP contribution in [0.5, 0.6) is 5.75 Å². The summed E-state index contributed by atoms with van der Waals surface area (Å²) in [5.41, 5.74) is 0.613. The maximum Gasteiger partial charge on any atom is 0.416 e. The van der Waals surface area contributed by atoms with Crippen LogP contribution in [0.25, 0.3) is 0 Å². The van der Waals surface area contributed by atoms with Crippen LogP contribution in [0.2, 0.25) is 0 Å². The van der Waals surface area contributed by atoms with Crippen LogP contribution in [-0.4, -0.2) is 28.9 Å². The zero-order valence-corrected chi connectivity index (χ0v) is 18.5. The molecule has 1 aliphatic heterocycles. The fourth-order valence-corrected chi connectivity index (χ4v) is 4.52. The molecule has 0 aromatic heterocycles. The van der Waals surface area contributed by atoms with Crippen molar-refractivity contribution in [3.63, 3.8) is 0 Å². The monoisotopic (exact) mass is 460 g/mol. The molecular weight excluding hydrogens is 433 g/mol. The maximum absolute atomic E-state index is 13.1. The summed E-state index contributed by atoms with van der Waals surface area (Å²) in [4.78, 5) is 27.6. The zero-order valence-electron chi connectivity index (χ0n) is 18.5. The van der Waals surface area contributed by atoms with Crippen molar-refractivity contribution in [3.05, 3.63) is 59.2 Å². The first-order valence-corrected chi connectivity index (χ1v) is 11.3. The molecule has 1 aliphatic carbocycles. The van der Waals surface area contributed by atoms with Gasteiger partial charge in [0.05, 0.1) is 5.56 Å². The van der Waals surface area contributed by atoms with E-state index in [-0.39, 0.29) is 17.5 Å². The highest BCUT2D eigenvalue weighted by Gasteiger charge is 2.34. The third-order valence-corrected chi connectivity index (χ3v) is 6.35. The van der Waals surface area contributed by atoms with Crippen molar-refractivity contribution in [2.24, 2.45) is 0 Å². The van der Waals surface area contributed by atoms with E-state index in [2.05, 4.69) is 5.32 Å². The SMILES string of the molecule is CCC1Oc2ccc(NC(=O)c3ccc(C(F)(F)F)cc3)cc2CN(C2CCCCC2)C1=O. The Bertz CT molecular complexity index is 1010. The molecule has 8 heteroatoms. The van der Waals surface area contributed by atoms with E-state index in [0.717, 1.165) is 55.5 Å². The first-order chi connectivity index (χ1) is 15.8. The van der Waals surface area contributed by atoms with Crippen molar-refractivity contribution in [1.82, 2.24) is 4.90 Å². The lowest BCUT2D eigenvalue weighted by Gasteiger charge is -2.34. The number of anilines is 1. The number of nitrogens with zero attached hydrogens (tertiary/aromatic N) is 1. The van der Waals surface area contributed by atoms with Gasteiger partial charge in [-0.2, -0.15) is 13.2 Å². The Hall–Kier alpha value is -3.03. The van der Waals surface area contributed by atoms with E-state index in [0.29, 0.717) is 24.4 Å². The lowest BCUT2D eigenvalue weighted by molar-refractivity contribution is -0.141. The number of nitrogens with one attached hydrogen (secondary N) is 1. The summed E-state index contributed by atoms with van der Waals surface area (Å²) >= 11 is 0. The number of fused-ring (bicyclic) bond motifs is 1. The van der Waals surface area contributed by atoms with Gasteiger partial charge in [0.25, 0.3) is 11.8 Å². The zero-order chi connectivity index (χ0) is 23.6. The number of ether oxygens (including phenoxy) is 1. The number of halogens is 3.